The van der Waals surface area contributed by atoms with E-state index in [-0.39, 0.29) is 12.1 Å². The van der Waals surface area contributed by atoms with Crippen LogP contribution in [0, 0.1) is 0 Å². The maximum absolute atomic E-state index is 10.4. The lowest BCUT2D eigenvalue weighted by molar-refractivity contribution is -0.121. The zero-order valence-corrected chi connectivity index (χ0v) is 10.4. The summed E-state index contributed by atoms with van der Waals surface area (Å²) in [7, 11) is 1.56. The molecule has 0 unspecified atom stereocenters. The molecule has 1 heterocycles. The largest absolute Gasteiger partial charge is 0.497 e. The van der Waals surface area contributed by atoms with Crippen LogP contribution >= 0.6 is 0 Å². The Morgan fingerprint density at radius 2 is 2.00 bits per heavy atom. The zero-order valence-electron chi connectivity index (χ0n) is 10.4. The smallest absolute Gasteiger partial charge is 0.303 e. The molecule has 5 heteroatoms. The quantitative estimate of drug-likeness (QED) is 0.764. The molecule has 96 valence electrons. The number of fused-ring (bicyclic) bond motifs is 1. The molecule has 18 heavy (non-hydrogen) atoms. The number of hydrogen-bond acceptors (Lipinski definition) is 5. The summed E-state index contributed by atoms with van der Waals surface area (Å²) in [6.07, 6.45) is -0.0365. The SMILES string of the molecule is COc1ccc2c(OC(C)C)oc(OC=O)c2c1. The number of hydrogen-bond donors (Lipinski definition) is 0. The van der Waals surface area contributed by atoms with Gasteiger partial charge in [-0.25, -0.2) is 0 Å². The van der Waals surface area contributed by atoms with Crippen molar-refractivity contribution in [3.05, 3.63) is 18.2 Å². The molecule has 0 aliphatic heterocycles. The van der Waals surface area contributed by atoms with E-state index in [1.807, 2.05) is 13.8 Å². The van der Waals surface area contributed by atoms with Crippen molar-refractivity contribution in [3.8, 4) is 17.6 Å². The summed E-state index contributed by atoms with van der Waals surface area (Å²) < 4.78 is 20.8. The molecule has 1 aromatic heterocycles. The van der Waals surface area contributed by atoms with Crippen molar-refractivity contribution < 1.29 is 23.4 Å². The van der Waals surface area contributed by atoms with Crippen molar-refractivity contribution >= 4 is 17.2 Å². The molecule has 0 spiro atoms. The first-order valence-electron chi connectivity index (χ1n) is 5.53. The molecule has 0 saturated carbocycles. The molecular weight excluding hydrogens is 236 g/mol. The predicted molar refractivity (Wildman–Crippen MR) is 65.2 cm³/mol. The molecule has 0 aliphatic carbocycles. The van der Waals surface area contributed by atoms with Crippen molar-refractivity contribution in [2.45, 2.75) is 20.0 Å². The first-order chi connectivity index (χ1) is 8.65. The maximum Gasteiger partial charge on any atom is 0.303 e. The van der Waals surface area contributed by atoms with Crippen LogP contribution in [0.4, 0.5) is 0 Å². The van der Waals surface area contributed by atoms with E-state index in [0.717, 1.165) is 5.39 Å². The summed E-state index contributed by atoms with van der Waals surface area (Å²) in [6, 6.07) is 5.31. The van der Waals surface area contributed by atoms with Crippen LogP contribution in [0.15, 0.2) is 22.6 Å². The Bertz CT molecular complexity index is 556. The van der Waals surface area contributed by atoms with Crippen molar-refractivity contribution in [1.29, 1.82) is 0 Å². The lowest BCUT2D eigenvalue weighted by Crippen LogP contribution is -2.04. The third kappa shape index (κ3) is 2.25. The van der Waals surface area contributed by atoms with Gasteiger partial charge in [-0.15, -0.1) is 0 Å². The second-order valence-electron chi connectivity index (χ2n) is 3.97. The van der Waals surface area contributed by atoms with E-state index in [4.69, 9.17) is 18.6 Å². The van der Waals surface area contributed by atoms with Gasteiger partial charge in [0.15, 0.2) is 0 Å². The molecule has 2 aromatic rings. The van der Waals surface area contributed by atoms with Crippen molar-refractivity contribution in [1.82, 2.24) is 0 Å². The molecule has 0 aliphatic rings. The van der Waals surface area contributed by atoms with Crippen LogP contribution in [0.5, 0.6) is 17.6 Å². The van der Waals surface area contributed by atoms with Crippen LogP contribution < -0.4 is 14.2 Å². The number of rotatable bonds is 5. The van der Waals surface area contributed by atoms with Gasteiger partial charge in [-0.2, -0.15) is 0 Å². The van der Waals surface area contributed by atoms with Crippen LogP contribution in [0.25, 0.3) is 10.8 Å². The minimum absolute atomic E-state index is 0.0365. The van der Waals surface area contributed by atoms with Crippen LogP contribution in [0.1, 0.15) is 13.8 Å². The molecule has 0 saturated heterocycles. The number of furan rings is 1. The fourth-order valence-electron chi connectivity index (χ4n) is 1.62. The molecule has 0 radical (unpaired) electrons. The average molecular weight is 250 g/mol. The molecule has 0 N–H and O–H groups in total. The minimum atomic E-state index is -0.0365. The molecule has 0 bridgehead atoms. The zero-order chi connectivity index (χ0) is 13.1. The van der Waals surface area contributed by atoms with Crippen LogP contribution in [0.3, 0.4) is 0 Å². The number of benzene rings is 1. The van der Waals surface area contributed by atoms with Crippen molar-refractivity contribution in [2.75, 3.05) is 7.11 Å². The highest BCUT2D eigenvalue weighted by Gasteiger charge is 2.17. The second kappa shape index (κ2) is 5.00. The van der Waals surface area contributed by atoms with Gasteiger partial charge in [0.2, 0.25) is 0 Å². The van der Waals surface area contributed by atoms with Gasteiger partial charge in [-0.3, -0.25) is 4.79 Å². The van der Waals surface area contributed by atoms with Gasteiger partial charge >= 0.3 is 12.4 Å². The van der Waals surface area contributed by atoms with Gasteiger partial charge in [0, 0.05) is 0 Å². The van der Waals surface area contributed by atoms with Gasteiger partial charge in [-0.05, 0) is 32.0 Å². The first-order valence-corrected chi connectivity index (χ1v) is 5.53. The van der Waals surface area contributed by atoms with Crippen LogP contribution in [-0.4, -0.2) is 19.7 Å². The summed E-state index contributed by atoms with van der Waals surface area (Å²) in [4.78, 5) is 10.4. The summed E-state index contributed by atoms with van der Waals surface area (Å²) in [5.74, 6) is 1.09. The number of methoxy groups -OCH3 is 1. The topological polar surface area (TPSA) is 57.9 Å². The standard InChI is InChI=1S/C13H14O5/c1-8(2)17-13-10-5-4-9(15-3)6-11(10)12(18-13)16-7-14/h4-8H,1-3H3. The highest BCUT2D eigenvalue weighted by molar-refractivity contribution is 5.92. The minimum Gasteiger partial charge on any atom is -0.497 e. The van der Waals surface area contributed by atoms with Crippen LogP contribution in [-0.2, 0) is 4.79 Å². The molecule has 1 aromatic carbocycles. The molecule has 2 rings (SSSR count). The Kier molecular flexibility index (Phi) is 3.41. The highest BCUT2D eigenvalue weighted by atomic mass is 16.7. The summed E-state index contributed by atoms with van der Waals surface area (Å²) >= 11 is 0. The monoisotopic (exact) mass is 250 g/mol. The van der Waals surface area contributed by atoms with E-state index >= 15 is 0 Å². The number of carbonyl (C=O) groups is 1. The number of carbonyl (C=O) groups excluding carboxylic acids is 1. The first kappa shape index (κ1) is 12.3. The summed E-state index contributed by atoms with van der Waals surface area (Å²) in [5.41, 5.74) is 0. The summed E-state index contributed by atoms with van der Waals surface area (Å²) in [5, 5.41) is 1.37. The Labute approximate surface area is 104 Å². The van der Waals surface area contributed by atoms with Gasteiger partial charge in [0.25, 0.3) is 5.95 Å². The van der Waals surface area contributed by atoms with Gasteiger partial charge in [-0.1, -0.05) is 0 Å². The normalized spacial score (nSPS) is 10.7. The van der Waals surface area contributed by atoms with E-state index in [9.17, 15) is 4.79 Å². The summed E-state index contributed by atoms with van der Waals surface area (Å²) in [6.45, 7) is 4.09. The third-order valence-corrected chi connectivity index (χ3v) is 2.35. The van der Waals surface area contributed by atoms with Crippen molar-refractivity contribution in [2.24, 2.45) is 0 Å². The molecule has 0 atom stereocenters. The Morgan fingerprint density at radius 3 is 2.61 bits per heavy atom. The molecule has 0 fully saturated rings. The Balaban J connectivity index is 2.55. The predicted octanol–water partition coefficient (Wildman–Crippen LogP) is 2.76. The fourth-order valence-corrected chi connectivity index (χ4v) is 1.62. The lowest BCUT2D eigenvalue weighted by atomic mass is 10.2. The Hall–Kier alpha value is -2.17. The van der Waals surface area contributed by atoms with E-state index in [0.29, 0.717) is 23.6 Å². The Morgan fingerprint density at radius 1 is 1.22 bits per heavy atom. The van der Waals surface area contributed by atoms with Crippen LogP contribution in [0.2, 0.25) is 0 Å². The molecular formula is C13H14O5. The lowest BCUT2D eigenvalue weighted by Gasteiger charge is -2.05. The fraction of sp³-hybridized carbons (Fsp3) is 0.308. The second-order valence-corrected chi connectivity index (χ2v) is 3.97. The average Bonchev–Trinajstić information content (AvgIpc) is 2.67. The van der Waals surface area contributed by atoms with E-state index in [1.165, 1.54) is 0 Å². The van der Waals surface area contributed by atoms with Crippen molar-refractivity contribution in [3.63, 3.8) is 0 Å². The van der Waals surface area contributed by atoms with Gasteiger partial charge in [0.1, 0.15) is 5.75 Å². The van der Waals surface area contributed by atoms with E-state index in [1.54, 1.807) is 25.3 Å². The van der Waals surface area contributed by atoms with Gasteiger partial charge < -0.3 is 18.6 Å². The number of ether oxygens (including phenoxy) is 3. The van der Waals surface area contributed by atoms with E-state index < -0.39 is 0 Å². The molecule has 5 nitrogen and oxygen atoms in total. The van der Waals surface area contributed by atoms with E-state index in [2.05, 4.69) is 0 Å². The third-order valence-electron chi connectivity index (χ3n) is 2.35. The highest BCUT2D eigenvalue weighted by Crippen LogP contribution is 2.39. The van der Waals surface area contributed by atoms with Gasteiger partial charge in [0.05, 0.1) is 24.0 Å². The molecule has 0 amide bonds. The maximum atomic E-state index is 10.4.